The van der Waals surface area contributed by atoms with Crippen LogP contribution in [-0.4, -0.2) is 33.4 Å². The monoisotopic (exact) mass is 519 g/mol. The lowest BCUT2D eigenvalue weighted by molar-refractivity contribution is 0.0955. The lowest BCUT2D eigenvalue weighted by Gasteiger charge is -2.24. The van der Waals surface area contributed by atoms with Crippen LogP contribution in [0, 0.1) is 0 Å². The van der Waals surface area contributed by atoms with E-state index in [1.54, 1.807) is 56.5 Å². The highest BCUT2D eigenvalue weighted by Crippen LogP contribution is 2.34. The molecule has 0 aromatic heterocycles. The van der Waals surface area contributed by atoms with Crippen LogP contribution < -0.4 is 14.5 Å². The predicted octanol–water partition coefficient (Wildman–Crippen LogP) is 5.12. The van der Waals surface area contributed by atoms with Gasteiger partial charge in [-0.1, -0.05) is 41.4 Å². The lowest BCUT2D eigenvalue weighted by atomic mass is 10.1. The molecule has 10 heteroatoms. The van der Waals surface area contributed by atoms with E-state index in [4.69, 9.17) is 27.9 Å². The average Bonchev–Trinajstić information content (AvgIpc) is 2.82. The highest BCUT2D eigenvalue weighted by molar-refractivity contribution is 7.92. The minimum Gasteiger partial charge on any atom is -0.497 e. The number of hydrogen-bond donors (Lipinski definition) is 1. The van der Waals surface area contributed by atoms with Gasteiger partial charge < -0.3 is 4.74 Å². The number of nitrogens with zero attached hydrogens (tertiary/aromatic N) is 2. The summed E-state index contributed by atoms with van der Waals surface area (Å²) in [4.78, 5) is 12.5. The number of carbonyl (C=O) groups excluding carboxylic acids is 1. The van der Waals surface area contributed by atoms with Gasteiger partial charge in [-0.3, -0.25) is 9.10 Å². The van der Waals surface area contributed by atoms with Crippen molar-refractivity contribution in [3.05, 3.63) is 93.5 Å². The van der Waals surface area contributed by atoms with Gasteiger partial charge >= 0.3 is 0 Å². The number of anilines is 1. The van der Waals surface area contributed by atoms with Gasteiger partial charge in [0.05, 0.1) is 41.4 Å². The molecule has 0 aliphatic rings. The van der Waals surface area contributed by atoms with Crippen molar-refractivity contribution in [3.8, 4) is 5.75 Å². The average molecular weight is 520 g/mol. The Morgan fingerprint density at radius 1 is 1.00 bits per heavy atom. The number of sulfonamides is 1. The quantitative estimate of drug-likeness (QED) is 0.330. The summed E-state index contributed by atoms with van der Waals surface area (Å²) < 4.78 is 31.1. The number of methoxy groups -OCH3 is 1. The van der Waals surface area contributed by atoms with Gasteiger partial charge in [-0.2, -0.15) is 5.10 Å². The second-order valence-electron chi connectivity index (χ2n) is 7.41. The molecule has 0 aliphatic heterocycles. The van der Waals surface area contributed by atoms with Gasteiger partial charge in [-0.15, -0.1) is 0 Å². The summed E-state index contributed by atoms with van der Waals surface area (Å²) in [6, 6.07) is 18.7. The molecule has 0 radical (unpaired) electrons. The molecule has 7 nitrogen and oxygen atoms in total. The first-order valence-electron chi connectivity index (χ1n) is 10.1. The molecule has 3 rings (SSSR count). The van der Waals surface area contributed by atoms with Gasteiger partial charge in [0.1, 0.15) is 5.75 Å². The van der Waals surface area contributed by atoms with Crippen molar-refractivity contribution in [2.75, 3.05) is 17.7 Å². The van der Waals surface area contributed by atoms with Crippen LogP contribution in [0.25, 0.3) is 0 Å². The fraction of sp³-hybridized carbons (Fsp3) is 0.167. The number of amides is 1. The zero-order valence-corrected chi connectivity index (χ0v) is 21.1. The van der Waals surface area contributed by atoms with Crippen LogP contribution in [0.4, 0.5) is 5.69 Å². The zero-order valence-electron chi connectivity index (χ0n) is 18.7. The maximum absolute atomic E-state index is 12.5. The minimum atomic E-state index is -3.65. The number of hydrazone groups is 1. The second kappa shape index (κ2) is 10.9. The fourth-order valence-electron chi connectivity index (χ4n) is 3.09. The standard InChI is InChI=1S/C24H23Cl2N3O4S/c1-16(18-11-13-20(33-2)14-12-18)27-28-24(30)19-9-7-17(8-10-19)15-29(34(3,31)32)22-6-4-5-21(25)23(22)26/h4-14H,15H2,1-3H3,(H,28,30)/b27-16-. The third kappa shape index (κ3) is 6.28. The molecule has 0 bridgehead atoms. The highest BCUT2D eigenvalue weighted by Gasteiger charge is 2.21. The maximum Gasteiger partial charge on any atom is 0.271 e. The third-order valence-electron chi connectivity index (χ3n) is 4.98. The third-order valence-corrected chi connectivity index (χ3v) is 6.91. The van der Waals surface area contributed by atoms with E-state index in [9.17, 15) is 13.2 Å². The number of nitrogens with one attached hydrogen (secondary N) is 1. The Hall–Kier alpha value is -3.07. The summed E-state index contributed by atoms with van der Waals surface area (Å²) in [5, 5.41) is 4.55. The molecule has 3 aromatic carbocycles. The van der Waals surface area contributed by atoms with Crippen molar-refractivity contribution in [1.82, 2.24) is 5.43 Å². The van der Waals surface area contributed by atoms with Crippen LogP contribution in [0.5, 0.6) is 5.75 Å². The van der Waals surface area contributed by atoms with E-state index in [1.807, 2.05) is 24.3 Å². The minimum absolute atomic E-state index is 0.0233. The number of carbonyl (C=O) groups is 1. The first-order valence-corrected chi connectivity index (χ1v) is 12.7. The Morgan fingerprint density at radius 3 is 2.21 bits per heavy atom. The molecule has 178 valence electrons. The summed E-state index contributed by atoms with van der Waals surface area (Å²) in [6.45, 7) is 1.81. The fourth-order valence-corrected chi connectivity index (χ4v) is 4.43. The smallest absolute Gasteiger partial charge is 0.271 e. The molecule has 0 saturated heterocycles. The predicted molar refractivity (Wildman–Crippen MR) is 137 cm³/mol. The van der Waals surface area contributed by atoms with E-state index in [2.05, 4.69) is 10.5 Å². The van der Waals surface area contributed by atoms with Crippen molar-refractivity contribution in [2.45, 2.75) is 13.5 Å². The Morgan fingerprint density at radius 2 is 1.62 bits per heavy atom. The summed E-state index contributed by atoms with van der Waals surface area (Å²) in [7, 11) is -2.06. The van der Waals surface area contributed by atoms with E-state index in [-0.39, 0.29) is 22.3 Å². The first-order chi connectivity index (χ1) is 16.1. The van der Waals surface area contributed by atoms with Crippen molar-refractivity contribution in [3.63, 3.8) is 0 Å². The van der Waals surface area contributed by atoms with Crippen LogP contribution >= 0.6 is 23.2 Å². The summed E-state index contributed by atoms with van der Waals surface area (Å²) in [5.74, 6) is 0.338. The molecular formula is C24H23Cl2N3O4S. The second-order valence-corrected chi connectivity index (χ2v) is 10.1. The molecule has 1 N–H and O–H groups in total. The molecule has 0 heterocycles. The van der Waals surface area contributed by atoms with Gasteiger partial charge in [-0.25, -0.2) is 13.8 Å². The van der Waals surface area contributed by atoms with Crippen molar-refractivity contribution >= 4 is 50.5 Å². The summed E-state index contributed by atoms with van der Waals surface area (Å²) in [6.07, 6.45) is 1.09. The zero-order chi connectivity index (χ0) is 24.9. The van der Waals surface area contributed by atoms with Crippen molar-refractivity contribution in [2.24, 2.45) is 5.10 Å². The molecule has 0 fully saturated rings. The largest absolute Gasteiger partial charge is 0.497 e. The summed E-state index contributed by atoms with van der Waals surface area (Å²) in [5.41, 5.74) is 5.33. The Labute approximate surface area is 209 Å². The number of ether oxygens (including phenoxy) is 1. The highest BCUT2D eigenvalue weighted by atomic mass is 35.5. The number of hydrogen-bond acceptors (Lipinski definition) is 5. The summed E-state index contributed by atoms with van der Waals surface area (Å²) >= 11 is 12.3. The van der Waals surface area contributed by atoms with Gasteiger partial charge in [-0.05, 0) is 66.6 Å². The maximum atomic E-state index is 12.5. The van der Waals surface area contributed by atoms with Crippen LogP contribution in [-0.2, 0) is 16.6 Å². The molecule has 0 spiro atoms. The molecule has 1 amide bonds. The number of benzene rings is 3. The van der Waals surface area contributed by atoms with Gasteiger partial charge in [0.2, 0.25) is 10.0 Å². The van der Waals surface area contributed by atoms with E-state index in [0.29, 0.717) is 16.8 Å². The van der Waals surface area contributed by atoms with Gasteiger partial charge in [0, 0.05) is 5.56 Å². The molecule has 0 saturated carbocycles. The van der Waals surface area contributed by atoms with Gasteiger partial charge in [0.15, 0.2) is 0 Å². The molecule has 0 aliphatic carbocycles. The molecular weight excluding hydrogens is 497 g/mol. The van der Waals surface area contributed by atoms with E-state index in [1.165, 1.54) is 4.31 Å². The molecule has 34 heavy (non-hydrogen) atoms. The topological polar surface area (TPSA) is 88.1 Å². The normalized spacial score (nSPS) is 11.7. The Kier molecular flexibility index (Phi) is 8.19. The van der Waals surface area contributed by atoms with E-state index < -0.39 is 15.9 Å². The molecule has 0 unspecified atom stereocenters. The van der Waals surface area contributed by atoms with Crippen molar-refractivity contribution in [1.29, 1.82) is 0 Å². The van der Waals surface area contributed by atoms with Crippen molar-refractivity contribution < 1.29 is 17.9 Å². The lowest BCUT2D eigenvalue weighted by Crippen LogP contribution is -2.29. The van der Waals surface area contributed by atoms with E-state index >= 15 is 0 Å². The Balaban J connectivity index is 1.73. The van der Waals surface area contributed by atoms with Crippen LogP contribution in [0.1, 0.15) is 28.4 Å². The Bertz CT molecular complexity index is 1310. The van der Waals surface area contributed by atoms with Gasteiger partial charge in [0.25, 0.3) is 5.91 Å². The number of halogens is 2. The molecule has 3 aromatic rings. The first kappa shape index (κ1) is 25.6. The van der Waals surface area contributed by atoms with Crippen LogP contribution in [0.2, 0.25) is 10.0 Å². The number of rotatable bonds is 8. The van der Waals surface area contributed by atoms with Crippen LogP contribution in [0.15, 0.2) is 71.8 Å². The molecule has 0 atom stereocenters. The van der Waals surface area contributed by atoms with Crippen LogP contribution in [0.3, 0.4) is 0 Å². The van der Waals surface area contributed by atoms with E-state index in [0.717, 1.165) is 17.6 Å². The SMILES string of the molecule is COc1ccc(/C(C)=N\NC(=O)c2ccc(CN(c3cccc(Cl)c3Cl)S(C)(=O)=O)cc2)cc1.